The lowest BCUT2D eigenvalue weighted by Crippen LogP contribution is -2.32. The predicted molar refractivity (Wildman–Crippen MR) is 86.4 cm³/mol. The maximum Gasteiger partial charge on any atom is 0.270 e. The zero-order valence-corrected chi connectivity index (χ0v) is 12.9. The number of nitrogens with one attached hydrogen (secondary N) is 1. The van der Waals surface area contributed by atoms with E-state index in [1.807, 2.05) is 19.9 Å². The van der Waals surface area contributed by atoms with Crippen LogP contribution in [-0.4, -0.2) is 28.5 Å². The summed E-state index contributed by atoms with van der Waals surface area (Å²) < 4.78 is 0. The quantitative estimate of drug-likeness (QED) is 0.946. The van der Waals surface area contributed by atoms with Gasteiger partial charge in [-0.05, 0) is 44.4 Å². The molecule has 3 rings (SSSR count). The first kappa shape index (κ1) is 14.5. The van der Waals surface area contributed by atoms with Crippen LogP contribution in [0.2, 0.25) is 0 Å². The van der Waals surface area contributed by atoms with Gasteiger partial charge < -0.3 is 10.2 Å². The number of aromatic nitrogens is 2. The van der Waals surface area contributed by atoms with E-state index in [1.165, 1.54) is 5.56 Å². The first-order valence-electron chi connectivity index (χ1n) is 7.64. The molecule has 0 saturated carbocycles. The highest BCUT2D eigenvalue weighted by atomic mass is 16.1. The Balaban J connectivity index is 1.92. The fourth-order valence-electron chi connectivity index (χ4n) is 2.68. The molecule has 1 aliphatic heterocycles. The number of rotatable bonds is 3. The van der Waals surface area contributed by atoms with Gasteiger partial charge in [0, 0.05) is 24.5 Å². The van der Waals surface area contributed by atoms with Crippen LogP contribution < -0.4 is 10.2 Å². The summed E-state index contributed by atoms with van der Waals surface area (Å²) in [5.41, 5.74) is 2.84. The molecule has 0 radical (unpaired) electrons. The Morgan fingerprint density at radius 1 is 1.27 bits per heavy atom. The summed E-state index contributed by atoms with van der Waals surface area (Å²) >= 11 is 0. The average Bonchev–Trinajstić information content (AvgIpc) is 2.54. The van der Waals surface area contributed by atoms with Crippen molar-refractivity contribution in [3.63, 3.8) is 0 Å². The van der Waals surface area contributed by atoms with Crippen molar-refractivity contribution in [1.82, 2.24) is 15.3 Å². The maximum atomic E-state index is 12.1. The summed E-state index contributed by atoms with van der Waals surface area (Å²) in [6.07, 6.45) is 3.78. The lowest BCUT2D eigenvalue weighted by molar-refractivity contribution is 0.0938. The third-order valence-corrected chi connectivity index (χ3v) is 3.65. The number of hydrogen-bond acceptors (Lipinski definition) is 4. The molecule has 0 fully saturated rings. The molecule has 1 aliphatic rings. The second-order valence-electron chi connectivity index (χ2n) is 5.75. The van der Waals surface area contributed by atoms with Crippen molar-refractivity contribution in [1.29, 1.82) is 0 Å². The Hall–Kier alpha value is -2.43. The second kappa shape index (κ2) is 6.13. The molecule has 0 bridgehead atoms. The third-order valence-electron chi connectivity index (χ3n) is 3.65. The molecule has 1 amide bonds. The highest BCUT2D eigenvalue weighted by Crippen LogP contribution is 2.31. The molecule has 2 aromatic rings. The van der Waals surface area contributed by atoms with E-state index in [4.69, 9.17) is 0 Å². The van der Waals surface area contributed by atoms with E-state index in [2.05, 4.69) is 38.4 Å². The molecule has 1 aromatic carbocycles. The van der Waals surface area contributed by atoms with E-state index in [1.54, 1.807) is 12.3 Å². The van der Waals surface area contributed by atoms with Crippen molar-refractivity contribution in [3.05, 3.63) is 47.8 Å². The molecule has 5 heteroatoms. The van der Waals surface area contributed by atoms with Gasteiger partial charge in [0.1, 0.15) is 5.69 Å². The first-order valence-corrected chi connectivity index (χ1v) is 7.64. The fraction of sp³-hybridized carbons (Fsp3) is 0.353. The predicted octanol–water partition coefficient (Wildman–Crippen LogP) is 2.70. The molecular weight excluding hydrogens is 276 g/mol. The van der Waals surface area contributed by atoms with E-state index >= 15 is 0 Å². The van der Waals surface area contributed by atoms with Gasteiger partial charge in [-0.2, -0.15) is 0 Å². The molecule has 1 aromatic heterocycles. The molecule has 114 valence electrons. The molecule has 1 N–H and O–H groups in total. The van der Waals surface area contributed by atoms with Crippen LogP contribution in [0.1, 0.15) is 36.3 Å². The number of aryl methyl sites for hydroxylation is 1. The normalized spacial score (nSPS) is 13.9. The molecule has 0 unspecified atom stereocenters. The highest BCUT2D eigenvalue weighted by molar-refractivity contribution is 5.92. The number of anilines is 2. The van der Waals surface area contributed by atoms with Crippen LogP contribution in [0, 0.1) is 0 Å². The van der Waals surface area contributed by atoms with E-state index in [9.17, 15) is 4.79 Å². The lowest BCUT2D eigenvalue weighted by Gasteiger charge is -2.29. The number of benzene rings is 1. The van der Waals surface area contributed by atoms with Crippen molar-refractivity contribution in [2.75, 3.05) is 11.4 Å². The van der Waals surface area contributed by atoms with Crippen LogP contribution in [0.25, 0.3) is 0 Å². The van der Waals surface area contributed by atoms with Crippen LogP contribution in [0.5, 0.6) is 0 Å². The molecule has 22 heavy (non-hydrogen) atoms. The maximum absolute atomic E-state index is 12.1. The van der Waals surface area contributed by atoms with E-state index < -0.39 is 0 Å². The van der Waals surface area contributed by atoms with Crippen molar-refractivity contribution in [2.45, 2.75) is 32.7 Å². The Morgan fingerprint density at radius 3 is 2.91 bits per heavy atom. The van der Waals surface area contributed by atoms with Crippen LogP contribution in [-0.2, 0) is 6.42 Å². The molecule has 0 aliphatic carbocycles. The van der Waals surface area contributed by atoms with Crippen molar-refractivity contribution >= 4 is 17.5 Å². The number of para-hydroxylation sites is 1. The number of nitrogens with zero attached hydrogens (tertiary/aromatic N) is 3. The summed E-state index contributed by atoms with van der Waals surface area (Å²) in [6, 6.07) is 10.0. The van der Waals surface area contributed by atoms with Crippen LogP contribution in [0.3, 0.4) is 0 Å². The monoisotopic (exact) mass is 296 g/mol. The molecule has 0 saturated heterocycles. The fourth-order valence-corrected chi connectivity index (χ4v) is 2.68. The van der Waals surface area contributed by atoms with Crippen LogP contribution in [0.4, 0.5) is 11.6 Å². The topological polar surface area (TPSA) is 58.1 Å². The van der Waals surface area contributed by atoms with Gasteiger partial charge in [-0.15, -0.1) is 0 Å². The Kier molecular flexibility index (Phi) is 4.04. The lowest BCUT2D eigenvalue weighted by atomic mass is 10.0. The Labute approximate surface area is 130 Å². The Bertz CT molecular complexity index is 684. The minimum atomic E-state index is -0.163. The van der Waals surface area contributed by atoms with Gasteiger partial charge in [0.15, 0.2) is 0 Å². The SMILES string of the molecule is CC(C)NC(=O)c1ccnc(N2CCCc3ccccc32)n1. The van der Waals surface area contributed by atoms with Gasteiger partial charge in [0.25, 0.3) is 5.91 Å². The number of amides is 1. The van der Waals surface area contributed by atoms with E-state index in [0.29, 0.717) is 11.6 Å². The van der Waals surface area contributed by atoms with E-state index in [-0.39, 0.29) is 11.9 Å². The van der Waals surface area contributed by atoms with Crippen LogP contribution in [0.15, 0.2) is 36.5 Å². The van der Waals surface area contributed by atoms with E-state index in [0.717, 1.165) is 25.1 Å². The number of carbonyl (C=O) groups excluding carboxylic acids is 1. The first-order chi connectivity index (χ1) is 10.6. The molecule has 5 nitrogen and oxygen atoms in total. The van der Waals surface area contributed by atoms with Crippen molar-refractivity contribution in [2.24, 2.45) is 0 Å². The van der Waals surface area contributed by atoms with Crippen LogP contribution >= 0.6 is 0 Å². The summed E-state index contributed by atoms with van der Waals surface area (Å²) in [7, 11) is 0. The van der Waals surface area contributed by atoms with Gasteiger partial charge in [-0.1, -0.05) is 18.2 Å². The van der Waals surface area contributed by atoms with Gasteiger partial charge in [-0.25, -0.2) is 9.97 Å². The average molecular weight is 296 g/mol. The van der Waals surface area contributed by atoms with Gasteiger partial charge in [0.2, 0.25) is 5.95 Å². The number of carbonyl (C=O) groups is 1. The summed E-state index contributed by atoms with van der Waals surface area (Å²) in [5, 5.41) is 2.86. The third kappa shape index (κ3) is 2.93. The summed E-state index contributed by atoms with van der Waals surface area (Å²) in [6.45, 7) is 4.73. The number of hydrogen-bond donors (Lipinski definition) is 1. The number of fused-ring (bicyclic) bond motifs is 1. The molecular formula is C17H20N4O. The largest absolute Gasteiger partial charge is 0.349 e. The zero-order chi connectivity index (χ0) is 15.5. The van der Waals surface area contributed by atoms with Crippen molar-refractivity contribution in [3.8, 4) is 0 Å². The summed E-state index contributed by atoms with van der Waals surface area (Å²) in [5.74, 6) is 0.424. The van der Waals surface area contributed by atoms with Crippen molar-refractivity contribution < 1.29 is 4.79 Å². The summed E-state index contributed by atoms with van der Waals surface area (Å²) in [4.78, 5) is 23.0. The molecule has 0 atom stereocenters. The van der Waals surface area contributed by atoms with Gasteiger partial charge in [0.05, 0.1) is 0 Å². The van der Waals surface area contributed by atoms with Gasteiger partial charge in [-0.3, -0.25) is 4.79 Å². The minimum absolute atomic E-state index is 0.0848. The highest BCUT2D eigenvalue weighted by Gasteiger charge is 2.20. The second-order valence-corrected chi connectivity index (χ2v) is 5.75. The molecule has 0 spiro atoms. The van der Waals surface area contributed by atoms with Gasteiger partial charge >= 0.3 is 0 Å². The standard InChI is InChI=1S/C17H20N4O/c1-12(2)19-16(22)14-9-10-18-17(20-14)21-11-5-7-13-6-3-4-8-15(13)21/h3-4,6,8-10,12H,5,7,11H2,1-2H3,(H,19,22). The minimum Gasteiger partial charge on any atom is -0.349 e. The Morgan fingerprint density at radius 2 is 2.09 bits per heavy atom. The smallest absolute Gasteiger partial charge is 0.270 e. The molecule has 2 heterocycles. The zero-order valence-electron chi connectivity index (χ0n) is 12.9.